The molecule has 1 aromatic heterocycles. The Kier molecular flexibility index (Phi) is 6.38. The van der Waals surface area contributed by atoms with Crippen LogP contribution < -0.4 is 20.7 Å². The van der Waals surface area contributed by atoms with Crippen LogP contribution in [0, 0.1) is 5.92 Å². The minimum Gasteiger partial charge on any atom is -0.463 e. The average Bonchev–Trinajstić information content (AvgIpc) is 3.22. The quantitative estimate of drug-likeness (QED) is 0.673. The molecule has 3 rings (SSSR count). The van der Waals surface area contributed by atoms with E-state index in [2.05, 4.69) is 25.9 Å². The highest BCUT2D eigenvalue weighted by Crippen LogP contribution is 2.17. The second-order valence-electron chi connectivity index (χ2n) is 6.33. The molecule has 1 atom stereocenters. The summed E-state index contributed by atoms with van der Waals surface area (Å²) < 4.78 is 5.37. The largest absolute Gasteiger partial charge is 0.463 e. The van der Waals surface area contributed by atoms with Gasteiger partial charge in [0.15, 0.2) is 0 Å². The molecule has 0 aliphatic carbocycles. The number of carbonyl (C=O) groups excluding carboxylic acids is 1. The van der Waals surface area contributed by atoms with Crippen molar-refractivity contribution in [3.63, 3.8) is 0 Å². The van der Waals surface area contributed by atoms with Crippen molar-refractivity contribution in [2.45, 2.75) is 26.3 Å². The summed E-state index contributed by atoms with van der Waals surface area (Å²) in [4.78, 5) is 20.4. The van der Waals surface area contributed by atoms with Crippen molar-refractivity contribution < 1.29 is 9.53 Å². The first-order chi connectivity index (χ1) is 12.7. The highest BCUT2D eigenvalue weighted by molar-refractivity contribution is 5.79. The number of carbonyl (C=O) groups is 1. The van der Waals surface area contributed by atoms with E-state index in [0.717, 1.165) is 42.9 Å². The number of rotatable bonds is 8. The Morgan fingerprint density at radius 2 is 2.00 bits per heavy atom. The lowest BCUT2D eigenvalue weighted by atomic mass is 10.1. The molecule has 1 aliphatic heterocycles. The van der Waals surface area contributed by atoms with Crippen LogP contribution in [0.5, 0.6) is 6.01 Å². The number of aromatic nitrogens is 2. The third kappa shape index (κ3) is 5.16. The van der Waals surface area contributed by atoms with Crippen molar-refractivity contribution >= 4 is 17.3 Å². The van der Waals surface area contributed by atoms with Gasteiger partial charge in [0.2, 0.25) is 5.91 Å². The third-order valence-corrected chi connectivity index (χ3v) is 4.20. The molecule has 7 heteroatoms. The Morgan fingerprint density at radius 3 is 2.65 bits per heavy atom. The van der Waals surface area contributed by atoms with Crippen LogP contribution in [-0.4, -0.2) is 35.6 Å². The average molecular weight is 355 g/mol. The lowest BCUT2D eigenvalue weighted by Gasteiger charge is -2.11. The minimum absolute atomic E-state index is 0.0974. The number of ether oxygens (including phenoxy) is 1. The van der Waals surface area contributed by atoms with Crippen molar-refractivity contribution in [1.82, 2.24) is 20.6 Å². The topological polar surface area (TPSA) is 88.2 Å². The molecule has 7 nitrogen and oxygen atoms in total. The molecule has 138 valence electrons. The summed E-state index contributed by atoms with van der Waals surface area (Å²) >= 11 is 0. The van der Waals surface area contributed by atoms with Crippen LogP contribution in [0.2, 0.25) is 0 Å². The molecule has 0 bridgehead atoms. The summed E-state index contributed by atoms with van der Waals surface area (Å²) in [5.41, 5.74) is 2.80. The zero-order valence-corrected chi connectivity index (χ0v) is 15.0. The van der Waals surface area contributed by atoms with Gasteiger partial charge in [-0.2, -0.15) is 0 Å². The summed E-state index contributed by atoms with van der Waals surface area (Å²) in [6, 6.07) is 8.32. The van der Waals surface area contributed by atoms with E-state index in [1.54, 1.807) is 12.4 Å². The van der Waals surface area contributed by atoms with Gasteiger partial charge in [0.1, 0.15) is 0 Å². The van der Waals surface area contributed by atoms with E-state index >= 15 is 0 Å². The molecular weight excluding hydrogens is 330 g/mol. The smallest absolute Gasteiger partial charge is 0.316 e. The van der Waals surface area contributed by atoms with E-state index in [4.69, 9.17) is 4.74 Å². The molecule has 1 aromatic carbocycles. The molecule has 0 saturated carbocycles. The summed E-state index contributed by atoms with van der Waals surface area (Å²) in [7, 11) is 0. The van der Waals surface area contributed by atoms with Gasteiger partial charge in [-0.25, -0.2) is 9.97 Å². The van der Waals surface area contributed by atoms with Crippen LogP contribution in [0.25, 0.3) is 0 Å². The summed E-state index contributed by atoms with van der Waals surface area (Å²) in [5, 5.41) is 9.46. The highest BCUT2D eigenvalue weighted by atomic mass is 16.5. The fourth-order valence-electron chi connectivity index (χ4n) is 2.73. The first-order valence-electron chi connectivity index (χ1n) is 9.04. The van der Waals surface area contributed by atoms with Crippen molar-refractivity contribution in [1.29, 1.82) is 0 Å². The highest BCUT2D eigenvalue weighted by Gasteiger charge is 2.21. The van der Waals surface area contributed by atoms with Crippen molar-refractivity contribution in [2.24, 2.45) is 5.92 Å². The molecule has 3 N–H and O–H groups in total. The van der Waals surface area contributed by atoms with Gasteiger partial charge in [-0.3, -0.25) is 4.79 Å². The van der Waals surface area contributed by atoms with E-state index in [9.17, 15) is 4.79 Å². The van der Waals surface area contributed by atoms with Crippen molar-refractivity contribution in [3.05, 3.63) is 42.2 Å². The maximum atomic E-state index is 12.0. The first kappa shape index (κ1) is 18.1. The number of nitrogens with one attached hydrogen (secondary N) is 3. The number of anilines is 2. The van der Waals surface area contributed by atoms with E-state index in [1.807, 2.05) is 31.2 Å². The summed E-state index contributed by atoms with van der Waals surface area (Å²) in [5.74, 6) is 0.222. The standard InChI is InChI=1S/C19H25N5O2/c1-2-9-26-19-22-12-17(13-23-19)24-16-5-3-14(4-6-16)10-21-18(25)15-7-8-20-11-15/h3-6,12-13,15,20,24H,2,7-11H2,1H3,(H,21,25). The predicted octanol–water partition coefficient (Wildman–Crippen LogP) is 2.23. The van der Waals surface area contributed by atoms with Gasteiger partial charge in [-0.15, -0.1) is 0 Å². The molecular formula is C19H25N5O2. The minimum atomic E-state index is 0.0974. The molecule has 1 fully saturated rings. The maximum Gasteiger partial charge on any atom is 0.316 e. The van der Waals surface area contributed by atoms with Gasteiger partial charge in [0.25, 0.3) is 0 Å². The lowest BCUT2D eigenvalue weighted by Crippen LogP contribution is -2.31. The van der Waals surface area contributed by atoms with Crippen molar-refractivity contribution in [3.8, 4) is 6.01 Å². The predicted molar refractivity (Wildman–Crippen MR) is 100 cm³/mol. The molecule has 0 spiro atoms. The van der Waals surface area contributed by atoms with Gasteiger partial charge < -0.3 is 20.7 Å². The zero-order chi connectivity index (χ0) is 18.2. The van der Waals surface area contributed by atoms with E-state index in [0.29, 0.717) is 19.2 Å². The Bertz CT molecular complexity index is 697. The second-order valence-corrected chi connectivity index (χ2v) is 6.33. The van der Waals surface area contributed by atoms with Crippen LogP contribution in [0.15, 0.2) is 36.7 Å². The summed E-state index contributed by atoms with van der Waals surface area (Å²) in [6.45, 7) is 4.90. The summed E-state index contributed by atoms with van der Waals surface area (Å²) in [6.07, 6.45) is 5.23. The molecule has 1 saturated heterocycles. The second kappa shape index (κ2) is 9.15. The molecule has 2 heterocycles. The van der Waals surface area contributed by atoms with E-state index in [-0.39, 0.29) is 11.8 Å². The SMILES string of the molecule is CCCOc1ncc(Nc2ccc(CNC(=O)C3CCNC3)cc2)cn1. The van der Waals surface area contributed by atoms with Crippen LogP contribution in [0.1, 0.15) is 25.3 Å². The fraction of sp³-hybridized carbons (Fsp3) is 0.421. The van der Waals surface area contributed by atoms with Gasteiger partial charge in [-0.1, -0.05) is 19.1 Å². The van der Waals surface area contributed by atoms with E-state index < -0.39 is 0 Å². The Balaban J connectivity index is 1.48. The molecule has 1 amide bonds. The maximum absolute atomic E-state index is 12.0. The van der Waals surface area contributed by atoms with E-state index in [1.165, 1.54) is 0 Å². The van der Waals surface area contributed by atoms with Crippen LogP contribution >= 0.6 is 0 Å². The molecule has 0 radical (unpaired) electrons. The number of nitrogens with zero attached hydrogens (tertiary/aromatic N) is 2. The first-order valence-corrected chi connectivity index (χ1v) is 9.04. The monoisotopic (exact) mass is 355 g/mol. The van der Waals surface area contributed by atoms with Gasteiger partial charge >= 0.3 is 6.01 Å². The fourth-order valence-corrected chi connectivity index (χ4v) is 2.73. The normalized spacial score (nSPS) is 16.3. The van der Waals surface area contributed by atoms with Gasteiger partial charge in [0, 0.05) is 18.8 Å². The Hall–Kier alpha value is -2.67. The number of hydrogen-bond donors (Lipinski definition) is 3. The Labute approximate surface area is 153 Å². The third-order valence-electron chi connectivity index (χ3n) is 4.20. The van der Waals surface area contributed by atoms with Gasteiger partial charge in [0.05, 0.1) is 30.6 Å². The molecule has 1 aliphatic rings. The van der Waals surface area contributed by atoms with Crippen LogP contribution in [0.3, 0.4) is 0 Å². The molecule has 2 aromatic rings. The molecule has 26 heavy (non-hydrogen) atoms. The number of amides is 1. The number of benzene rings is 1. The molecule has 1 unspecified atom stereocenters. The van der Waals surface area contributed by atoms with Gasteiger partial charge in [-0.05, 0) is 37.1 Å². The Morgan fingerprint density at radius 1 is 1.23 bits per heavy atom. The van der Waals surface area contributed by atoms with Crippen LogP contribution in [0.4, 0.5) is 11.4 Å². The van der Waals surface area contributed by atoms with Crippen molar-refractivity contribution in [2.75, 3.05) is 25.0 Å². The van der Waals surface area contributed by atoms with Crippen LogP contribution in [-0.2, 0) is 11.3 Å². The number of hydrogen-bond acceptors (Lipinski definition) is 6. The lowest BCUT2D eigenvalue weighted by molar-refractivity contribution is -0.124. The zero-order valence-electron chi connectivity index (χ0n) is 15.0.